The fourth-order valence-corrected chi connectivity index (χ4v) is 5.00. The second kappa shape index (κ2) is 20.5. The third kappa shape index (κ3) is 14.1. The van der Waals surface area contributed by atoms with Gasteiger partial charge in [-0.25, -0.2) is 4.79 Å². The molecule has 0 saturated heterocycles. The molecule has 0 spiro atoms. The van der Waals surface area contributed by atoms with Crippen LogP contribution in [0.2, 0.25) is 0 Å². The molecule has 2 aromatic carbocycles. The maximum atomic E-state index is 12.6. The molecule has 0 radical (unpaired) electrons. The predicted octanol–water partition coefficient (Wildman–Crippen LogP) is 3.33. The quantitative estimate of drug-likeness (QED) is 0.131. The van der Waals surface area contributed by atoms with E-state index in [9.17, 15) is 19.2 Å². The molecule has 49 heavy (non-hydrogen) atoms. The van der Waals surface area contributed by atoms with E-state index in [2.05, 4.69) is 28.1 Å². The highest BCUT2D eigenvalue weighted by Crippen LogP contribution is 2.44. The van der Waals surface area contributed by atoms with Crippen LogP contribution >= 0.6 is 0 Å². The number of carbonyl (C=O) groups excluding carboxylic acids is 4. The Morgan fingerprint density at radius 1 is 0.673 bits per heavy atom. The number of esters is 1. The molecule has 0 aliphatic heterocycles. The number of benzene rings is 2. The van der Waals surface area contributed by atoms with Gasteiger partial charge in [0.1, 0.15) is 24.3 Å². The monoisotopic (exact) mass is 685 g/mol. The normalized spacial score (nSPS) is 13.5. The summed E-state index contributed by atoms with van der Waals surface area (Å²) in [5.41, 5.74) is 3.94. The summed E-state index contributed by atoms with van der Waals surface area (Å²) in [6.45, 7) is 11.7. The lowest BCUT2D eigenvalue weighted by Crippen LogP contribution is -2.52. The highest BCUT2D eigenvalue weighted by atomic mass is 16.6. The van der Waals surface area contributed by atoms with Gasteiger partial charge in [0.25, 0.3) is 0 Å². The molecule has 0 aromatic heterocycles. The minimum Gasteiger partial charge on any atom is -0.460 e. The Morgan fingerprint density at radius 2 is 1.16 bits per heavy atom. The third-order valence-electron chi connectivity index (χ3n) is 7.36. The van der Waals surface area contributed by atoms with Gasteiger partial charge in [-0.2, -0.15) is 0 Å². The van der Waals surface area contributed by atoms with Crippen LogP contribution in [-0.4, -0.2) is 108 Å². The zero-order valence-electron chi connectivity index (χ0n) is 29.2. The number of fused-ring (bicyclic) bond motifs is 3. The Hall–Kier alpha value is -4.04. The van der Waals surface area contributed by atoms with Crippen molar-refractivity contribution in [3.8, 4) is 11.1 Å². The van der Waals surface area contributed by atoms with Crippen LogP contribution in [0.25, 0.3) is 11.1 Å². The topological polar surface area (TPSA) is 160 Å². The number of rotatable bonds is 21. The van der Waals surface area contributed by atoms with Gasteiger partial charge in [-0.3, -0.25) is 14.4 Å². The van der Waals surface area contributed by atoms with E-state index < -0.39 is 29.7 Å². The highest BCUT2D eigenvalue weighted by molar-refractivity contribution is 5.90. The van der Waals surface area contributed by atoms with Gasteiger partial charge in [0.05, 0.1) is 59.3 Å². The molecule has 3 amide bonds. The van der Waals surface area contributed by atoms with Gasteiger partial charge in [-0.1, -0.05) is 48.5 Å². The van der Waals surface area contributed by atoms with Crippen molar-refractivity contribution in [1.82, 2.24) is 16.0 Å². The molecule has 1 aliphatic rings. The van der Waals surface area contributed by atoms with E-state index in [0.29, 0.717) is 39.6 Å². The molecule has 0 fully saturated rings. The number of alkyl carbamates (subject to hydrolysis) is 1. The minimum atomic E-state index is -0.913. The number of hydrogen-bond acceptors (Lipinski definition) is 10. The second-order valence-electron chi connectivity index (χ2n) is 12.5. The van der Waals surface area contributed by atoms with Gasteiger partial charge >= 0.3 is 12.1 Å². The van der Waals surface area contributed by atoms with Gasteiger partial charge < -0.3 is 44.4 Å². The fraction of sp³-hybridized carbons (Fsp3) is 0.556. The standard InChI is InChI=1S/C36H51N3O10/c1-25(33(41)37-15-17-45-19-21-47-23-22-46-20-18-44-16-14-32(40)49-36(3,4)5)38-34(42)26(2)39-35(43)48-24-31-29-12-8-6-10-27(29)28-11-7-9-13-30(28)31/h6-13,25-26,31H,14-24H2,1-5H3,(H,37,41)(H,38,42)(H,39,43)/t25-,26-/m0/s1. The summed E-state index contributed by atoms with van der Waals surface area (Å²) in [7, 11) is 0. The van der Waals surface area contributed by atoms with Crippen molar-refractivity contribution in [2.45, 2.75) is 64.6 Å². The Labute approximate surface area is 288 Å². The van der Waals surface area contributed by atoms with E-state index in [1.807, 2.05) is 57.2 Å². The van der Waals surface area contributed by atoms with Gasteiger partial charge in [0.2, 0.25) is 11.8 Å². The first-order chi connectivity index (χ1) is 23.5. The summed E-state index contributed by atoms with van der Waals surface area (Å²) in [6.07, 6.45) is -0.516. The van der Waals surface area contributed by atoms with Crippen LogP contribution in [0, 0.1) is 0 Å². The van der Waals surface area contributed by atoms with Crippen molar-refractivity contribution in [1.29, 1.82) is 0 Å². The molecule has 270 valence electrons. The van der Waals surface area contributed by atoms with Crippen molar-refractivity contribution in [3.05, 3.63) is 59.7 Å². The minimum absolute atomic E-state index is 0.0931. The molecule has 2 aromatic rings. The average Bonchev–Trinajstić information content (AvgIpc) is 3.38. The molecule has 0 heterocycles. The maximum Gasteiger partial charge on any atom is 0.407 e. The lowest BCUT2D eigenvalue weighted by atomic mass is 9.98. The van der Waals surface area contributed by atoms with Crippen molar-refractivity contribution in [3.63, 3.8) is 0 Å². The smallest absolute Gasteiger partial charge is 0.407 e. The van der Waals surface area contributed by atoms with Crippen molar-refractivity contribution >= 4 is 23.9 Å². The van der Waals surface area contributed by atoms with Crippen LogP contribution in [-0.2, 0) is 42.8 Å². The summed E-state index contributed by atoms with van der Waals surface area (Å²) in [5.74, 6) is -1.28. The first kappa shape index (κ1) is 39.4. The van der Waals surface area contributed by atoms with Gasteiger partial charge in [-0.15, -0.1) is 0 Å². The second-order valence-corrected chi connectivity index (χ2v) is 12.5. The summed E-state index contributed by atoms with van der Waals surface area (Å²) in [6, 6.07) is 14.3. The summed E-state index contributed by atoms with van der Waals surface area (Å²) < 4.78 is 32.4. The van der Waals surface area contributed by atoms with Crippen LogP contribution in [0.5, 0.6) is 0 Å². The largest absolute Gasteiger partial charge is 0.460 e. The average molecular weight is 686 g/mol. The van der Waals surface area contributed by atoms with E-state index in [1.165, 1.54) is 6.92 Å². The molecule has 0 saturated carbocycles. The van der Waals surface area contributed by atoms with Crippen LogP contribution in [0.3, 0.4) is 0 Å². The number of hydrogen-bond donors (Lipinski definition) is 3. The SMILES string of the molecule is C[C@H](NC(=O)OCC1c2ccccc2-c2ccccc21)C(=O)N[C@@H](C)C(=O)NCCOCCOCCOCCOCCC(=O)OC(C)(C)C. The van der Waals surface area contributed by atoms with Gasteiger partial charge in [-0.05, 0) is 56.9 Å². The molecule has 13 heteroatoms. The Balaban J connectivity index is 1.16. The zero-order valence-corrected chi connectivity index (χ0v) is 29.2. The third-order valence-corrected chi connectivity index (χ3v) is 7.36. The molecule has 0 unspecified atom stereocenters. The Morgan fingerprint density at radius 3 is 1.71 bits per heavy atom. The molecular formula is C36H51N3O10. The molecule has 2 atom stereocenters. The summed E-state index contributed by atoms with van der Waals surface area (Å²) in [5, 5.41) is 7.84. The predicted molar refractivity (Wildman–Crippen MR) is 182 cm³/mol. The number of amides is 3. The lowest BCUT2D eigenvalue weighted by molar-refractivity contribution is -0.156. The first-order valence-corrected chi connectivity index (χ1v) is 16.7. The number of nitrogens with one attached hydrogen (secondary N) is 3. The molecule has 0 bridgehead atoms. The Kier molecular flexibility index (Phi) is 16.5. The Bertz CT molecular complexity index is 1320. The van der Waals surface area contributed by atoms with E-state index in [-0.39, 0.29) is 50.6 Å². The summed E-state index contributed by atoms with van der Waals surface area (Å²) in [4.78, 5) is 49.1. The van der Waals surface area contributed by atoms with Gasteiger partial charge in [0, 0.05) is 12.5 Å². The lowest BCUT2D eigenvalue weighted by Gasteiger charge is -2.19. The van der Waals surface area contributed by atoms with E-state index >= 15 is 0 Å². The number of ether oxygens (including phenoxy) is 6. The molecular weight excluding hydrogens is 634 g/mol. The molecule has 3 N–H and O–H groups in total. The van der Waals surface area contributed by atoms with Crippen molar-refractivity contribution in [2.24, 2.45) is 0 Å². The van der Waals surface area contributed by atoms with Crippen LogP contribution in [0.15, 0.2) is 48.5 Å². The first-order valence-electron chi connectivity index (χ1n) is 16.7. The molecule has 1 aliphatic carbocycles. The summed E-state index contributed by atoms with van der Waals surface area (Å²) >= 11 is 0. The van der Waals surface area contributed by atoms with E-state index in [0.717, 1.165) is 22.3 Å². The number of carbonyl (C=O) groups is 4. The molecule has 13 nitrogen and oxygen atoms in total. The van der Waals surface area contributed by atoms with Crippen LogP contribution < -0.4 is 16.0 Å². The molecule has 3 rings (SSSR count). The van der Waals surface area contributed by atoms with Gasteiger partial charge in [0.15, 0.2) is 0 Å². The van der Waals surface area contributed by atoms with Crippen molar-refractivity contribution < 1.29 is 47.6 Å². The zero-order chi connectivity index (χ0) is 35.6. The van der Waals surface area contributed by atoms with Crippen LogP contribution in [0.4, 0.5) is 4.79 Å². The van der Waals surface area contributed by atoms with E-state index in [1.54, 1.807) is 6.92 Å². The van der Waals surface area contributed by atoms with Crippen molar-refractivity contribution in [2.75, 3.05) is 66.0 Å². The van der Waals surface area contributed by atoms with E-state index in [4.69, 9.17) is 28.4 Å². The highest BCUT2D eigenvalue weighted by Gasteiger charge is 2.29. The fourth-order valence-electron chi connectivity index (χ4n) is 5.00. The van der Waals surface area contributed by atoms with Crippen LogP contribution in [0.1, 0.15) is 58.1 Å². The maximum absolute atomic E-state index is 12.6.